The van der Waals surface area contributed by atoms with Gasteiger partial charge in [0.25, 0.3) is 11.8 Å². The first kappa shape index (κ1) is 14.3. The highest BCUT2D eigenvalue weighted by molar-refractivity contribution is 6.58. The maximum atomic E-state index is 13.0. The molecule has 114 valence electrons. The van der Waals surface area contributed by atoms with Crippen LogP contribution in [0.2, 0.25) is 0 Å². The summed E-state index contributed by atoms with van der Waals surface area (Å²) in [6.07, 6.45) is 5.48. The van der Waals surface area contributed by atoms with E-state index in [0.717, 1.165) is 18.4 Å². The van der Waals surface area contributed by atoms with Crippen molar-refractivity contribution >= 4 is 40.7 Å². The third kappa shape index (κ3) is 1.44. The summed E-state index contributed by atoms with van der Waals surface area (Å²) in [5.74, 6) is -1.17. The van der Waals surface area contributed by atoms with Crippen LogP contribution in [0.15, 0.2) is 36.4 Å². The van der Waals surface area contributed by atoms with Gasteiger partial charge in [-0.2, -0.15) is 0 Å². The van der Waals surface area contributed by atoms with Gasteiger partial charge in [0.05, 0.1) is 5.69 Å². The molecule has 1 saturated carbocycles. The van der Waals surface area contributed by atoms with E-state index in [9.17, 15) is 9.59 Å². The average Bonchev–Trinajstić information content (AvgIpc) is 2.70. The van der Waals surface area contributed by atoms with Gasteiger partial charge < -0.3 is 0 Å². The number of carbonyl (C=O) groups is 2. The van der Waals surface area contributed by atoms with E-state index in [1.54, 1.807) is 12.1 Å². The molecule has 4 unspecified atom stereocenters. The fourth-order valence-corrected chi connectivity index (χ4v) is 4.97. The molecule has 3 nitrogen and oxygen atoms in total. The minimum absolute atomic E-state index is 0.191. The molecular weight excluding hydrogens is 321 g/mol. The van der Waals surface area contributed by atoms with Crippen LogP contribution in [0.4, 0.5) is 5.69 Å². The second-order valence-corrected chi connectivity index (χ2v) is 7.57. The van der Waals surface area contributed by atoms with Crippen molar-refractivity contribution in [1.82, 2.24) is 0 Å². The summed E-state index contributed by atoms with van der Waals surface area (Å²) < 4.78 is 0. The van der Waals surface area contributed by atoms with Crippen LogP contribution in [0.3, 0.4) is 0 Å². The van der Waals surface area contributed by atoms with Crippen LogP contribution in [-0.2, 0) is 9.59 Å². The maximum absolute atomic E-state index is 13.0. The zero-order valence-electron chi connectivity index (χ0n) is 12.1. The summed E-state index contributed by atoms with van der Waals surface area (Å²) in [7, 11) is 0. The lowest BCUT2D eigenvalue weighted by molar-refractivity contribution is -0.122. The molecule has 1 saturated heterocycles. The standard InChI is InChI=1S/C17H15Cl2NO2/c1-10-2-8-13(9-3-10)20-14(21)16(18)11-4-5-12(7-6-11)17(16,19)15(20)22/h2-5,8-9,11-12H,6-7H2,1H3. The third-order valence-corrected chi connectivity index (χ3v) is 6.81. The molecule has 1 heterocycles. The first-order valence-electron chi connectivity index (χ1n) is 7.42. The zero-order valence-corrected chi connectivity index (χ0v) is 13.6. The first-order valence-corrected chi connectivity index (χ1v) is 8.18. The Morgan fingerprint density at radius 3 is 1.82 bits per heavy atom. The Hall–Kier alpha value is -1.32. The Bertz CT molecular complexity index is 676. The highest BCUT2D eigenvalue weighted by Crippen LogP contribution is 2.61. The van der Waals surface area contributed by atoms with E-state index >= 15 is 0 Å². The van der Waals surface area contributed by atoms with Gasteiger partial charge in [-0.1, -0.05) is 29.8 Å². The number of allylic oxidation sites excluding steroid dienone is 2. The fraction of sp³-hybridized carbons (Fsp3) is 0.412. The number of amides is 2. The number of rotatable bonds is 1. The van der Waals surface area contributed by atoms with Crippen molar-refractivity contribution in [1.29, 1.82) is 0 Å². The zero-order chi connectivity index (χ0) is 15.7. The number of nitrogens with zero attached hydrogens (tertiary/aromatic N) is 1. The number of benzene rings is 1. The molecule has 2 amide bonds. The number of fused-ring (bicyclic) bond motifs is 1. The molecule has 2 bridgehead atoms. The van der Waals surface area contributed by atoms with E-state index in [4.69, 9.17) is 23.2 Å². The van der Waals surface area contributed by atoms with Gasteiger partial charge in [0.15, 0.2) is 9.75 Å². The van der Waals surface area contributed by atoms with E-state index in [2.05, 4.69) is 0 Å². The third-order valence-electron chi connectivity index (χ3n) is 5.24. The molecule has 5 heteroatoms. The molecule has 0 aromatic heterocycles. The molecule has 1 aromatic carbocycles. The Kier molecular flexibility index (Phi) is 2.83. The van der Waals surface area contributed by atoms with Gasteiger partial charge >= 0.3 is 0 Å². The van der Waals surface area contributed by atoms with Gasteiger partial charge in [-0.25, -0.2) is 4.90 Å². The number of hydrogen-bond donors (Lipinski definition) is 0. The molecule has 1 aromatic rings. The Labute approximate surface area is 138 Å². The molecular formula is C17H15Cl2NO2. The predicted octanol–water partition coefficient (Wildman–Crippen LogP) is 3.42. The van der Waals surface area contributed by atoms with Gasteiger partial charge in [0.2, 0.25) is 0 Å². The highest BCUT2D eigenvalue weighted by atomic mass is 35.5. The summed E-state index contributed by atoms with van der Waals surface area (Å²) in [6, 6.07) is 7.26. The molecule has 4 aliphatic rings. The first-order chi connectivity index (χ1) is 10.4. The summed E-state index contributed by atoms with van der Waals surface area (Å²) in [5.41, 5.74) is 1.60. The number of halogens is 2. The minimum Gasteiger partial charge on any atom is -0.272 e. The number of carbonyl (C=O) groups excluding carboxylic acids is 2. The lowest BCUT2D eigenvalue weighted by Gasteiger charge is -2.48. The highest BCUT2D eigenvalue weighted by Gasteiger charge is 2.76. The van der Waals surface area contributed by atoms with Crippen LogP contribution in [0, 0.1) is 18.8 Å². The van der Waals surface area contributed by atoms with E-state index in [0.29, 0.717) is 5.69 Å². The van der Waals surface area contributed by atoms with Crippen LogP contribution in [0.5, 0.6) is 0 Å². The van der Waals surface area contributed by atoms with E-state index in [-0.39, 0.29) is 11.8 Å². The van der Waals surface area contributed by atoms with Crippen LogP contribution >= 0.6 is 23.2 Å². The lowest BCUT2D eigenvalue weighted by atomic mass is 9.62. The van der Waals surface area contributed by atoms with Crippen LogP contribution in [0.25, 0.3) is 0 Å². The minimum atomic E-state index is -1.37. The second-order valence-electron chi connectivity index (χ2n) is 6.38. The number of aryl methyl sites for hydroxylation is 1. The molecule has 0 N–H and O–H groups in total. The molecule has 0 spiro atoms. The van der Waals surface area contributed by atoms with Crippen molar-refractivity contribution in [3.05, 3.63) is 42.0 Å². The lowest BCUT2D eigenvalue weighted by Crippen LogP contribution is -2.61. The van der Waals surface area contributed by atoms with Crippen molar-refractivity contribution in [2.24, 2.45) is 11.8 Å². The van der Waals surface area contributed by atoms with Crippen molar-refractivity contribution in [3.8, 4) is 0 Å². The number of alkyl halides is 2. The predicted molar refractivity (Wildman–Crippen MR) is 86.2 cm³/mol. The summed E-state index contributed by atoms with van der Waals surface area (Å²) in [4.78, 5) is 24.5. The van der Waals surface area contributed by atoms with Gasteiger partial charge in [-0.15, -0.1) is 23.2 Å². The molecule has 3 aliphatic carbocycles. The smallest absolute Gasteiger partial charge is 0.258 e. The Morgan fingerprint density at radius 2 is 1.41 bits per heavy atom. The van der Waals surface area contributed by atoms with Crippen LogP contribution in [-0.4, -0.2) is 21.6 Å². The normalized spacial score (nSPS) is 39.5. The Morgan fingerprint density at radius 1 is 0.955 bits per heavy atom. The van der Waals surface area contributed by atoms with E-state index in [1.807, 2.05) is 31.2 Å². The fourth-order valence-electron chi connectivity index (χ4n) is 4.00. The summed E-state index contributed by atoms with van der Waals surface area (Å²) >= 11 is 13.5. The number of imide groups is 1. The summed E-state index contributed by atoms with van der Waals surface area (Å²) in [5, 5.41) is 0. The Balaban J connectivity index is 1.87. The van der Waals surface area contributed by atoms with Gasteiger partial charge in [-0.3, -0.25) is 9.59 Å². The van der Waals surface area contributed by atoms with Crippen LogP contribution < -0.4 is 4.90 Å². The molecule has 5 rings (SSSR count). The van der Waals surface area contributed by atoms with Crippen molar-refractivity contribution in [2.75, 3.05) is 4.90 Å². The van der Waals surface area contributed by atoms with E-state index in [1.165, 1.54) is 4.90 Å². The topological polar surface area (TPSA) is 37.4 Å². The largest absolute Gasteiger partial charge is 0.272 e. The quantitative estimate of drug-likeness (QED) is 0.448. The second kappa shape index (κ2) is 4.36. The molecule has 2 fully saturated rings. The number of anilines is 1. The van der Waals surface area contributed by atoms with Gasteiger partial charge in [0.1, 0.15) is 0 Å². The van der Waals surface area contributed by atoms with Crippen molar-refractivity contribution in [2.45, 2.75) is 29.5 Å². The SMILES string of the molecule is Cc1ccc(N2C(=O)C3(Cl)C4C=CC(CC4)C3(Cl)C2=O)cc1. The van der Waals surface area contributed by atoms with Crippen LogP contribution in [0.1, 0.15) is 18.4 Å². The molecule has 22 heavy (non-hydrogen) atoms. The monoisotopic (exact) mass is 335 g/mol. The van der Waals surface area contributed by atoms with E-state index < -0.39 is 21.6 Å². The molecule has 1 aliphatic heterocycles. The molecule has 0 radical (unpaired) electrons. The van der Waals surface area contributed by atoms with Gasteiger partial charge in [0, 0.05) is 11.8 Å². The molecule has 4 atom stereocenters. The van der Waals surface area contributed by atoms with Gasteiger partial charge in [-0.05, 0) is 31.9 Å². The maximum Gasteiger partial charge on any atom is 0.258 e. The average molecular weight is 336 g/mol. The van der Waals surface area contributed by atoms with Crippen molar-refractivity contribution in [3.63, 3.8) is 0 Å². The van der Waals surface area contributed by atoms with Crippen molar-refractivity contribution < 1.29 is 9.59 Å². The number of hydrogen-bond acceptors (Lipinski definition) is 2. The summed E-state index contributed by atoms with van der Waals surface area (Å²) in [6.45, 7) is 1.95.